The fourth-order valence-electron chi connectivity index (χ4n) is 2.54. The molecule has 0 amide bonds. The largest absolute Gasteiger partial charge is 0.252 e. The molecule has 0 radical (unpaired) electrons. The van der Waals surface area contributed by atoms with E-state index in [0.29, 0.717) is 0 Å². The van der Waals surface area contributed by atoms with E-state index in [1.807, 2.05) is 55.9 Å². The van der Waals surface area contributed by atoms with Gasteiger partial charge in [0.05, 0.1) is 28.8 Å². The number of fused-ring (bicyclic) bond motifs is 1. The van der Waals surface area contributed by atoms with Gasteiger partial charge in [-0.2, -0.15) is 5.10 Å². The summed E-state index contributed by atoms with van der Waals surface area (Å²) in [5, 5.41) is 4.38. The zero-order valence-electron chi connectivity index (χ0n) is 14.5. The van der Waals surface area contributed by atoms with Crippen LogP contribution in [0, 0.1) is 13.8 Å². The highest BCUT2D eigenvalue weighted by atomic mass is 15.2. The molecule has 122 valence electrons. The highest BCUT2D eigenvalue weighted by molar-refractivity contribution is 5.99. The van der Waals surface area contributed by atoms with Crippen LogP contribution in [0.15, 0.2) is 47.7 Å². The van der Waals surface area contributed by atoms with Crippen LogP contribution < -0.4 is 0 Å². The van der Waals surface area contributed by atoms with Gasteiger partial charge >= 0.3 is 0 Å². The summed E-state index contributed by atoms with van der Waals surface area (Å²) in [4.78, 5) is 13.7. The van der Waals surface area contributed by atoms with Crippen LogP contribution in [-0.2, 0) is 0 Å². The second-order valence-electron chi connectivity index (χ2n) is 5.82. The minimum Gasteiger partial charge on any atom is -0.252 e. The van der Waals surface area contributed by atoms with Crippen molar-refractivity contribution in [3.63, 3.8) is 0 Å². The molecule has 5 nitrogen and oxygen atoms in total. The molecule has 0 unspecified atom stereocenters. The number of allylic oxidation sites excluding steroid dienone is 1. The lowest BCUT2D eigenvalue weighted by molar-refractivity contribution is 0.857. The van der Waals surface area contributed by atoms with Gasteiger partial charge in [0, 0.05) is 17.5 Å². The van der Waals surface area contributed by atoms with E-state index < -0.39 is 0 Å². The van der Waals surface area contributed by atoms with Crippen LogP contribution in [0.5, 0.6) is 0 Å². The van der Waals surface area contributed by atoms with Gasteiger partial charge in [-0.3, -0.25) is 9.98 Å². The van der Waals surface area contributed by atoms with Crippen molar-refractivity contribution in [2.24, 2.45) is 4.99 Å². The van der Waals surface area contributed by atoms with Crippen LogP contribution in [0.1, 0.15) is 31.8 Å². The summed E-state index contributed by atoms with van der Waals surface area (Å²) in [7, 11) is 0. The molecule has 0 atom stereocenters. The van der Waals surface area contributed by atoms with Crippen molar-refractivity contribution in [2.45, 2.75) is 34.1 Å². The minimum absolute atomic E-state index is 0.741. The monoisotopic (exact) mass is 319 g/mol. The van der Waals surface area contributed by atoms with Crippen LogP contribution in [0.2, 0.25) is 0 Å². The second-order valence-corrected chi connectivity index (χ2v) is 5.82. The van der Waals surface area contributed by atoms with Crippen LogP contribution in [0.3, 0.4) is 0 Å². The Labute approximate surface area is 141 Å². The molecule has 3 aromatic heterocycles. The van der Waals surface area contributed by atoms with Gasteiger partial charge in [0.2, 0.25) is 0 Å². The maximum absolute atomic E-state index is 4.72. The second kappa shape index (κ2) is 6.35. The number of hydrogen-bond acceptors (Lipinski definition) is 4. The molecule has 0 aliphatic carbocycles. The van der Waals surface area contributed by atoms with Crippen molar-refractivity contribution >= 4 is 16.9 Å². The van der Waals surface area contributed by atoms with E-state index in [0.717, 1.165) is 51.7 Å². The normalized spacial score (nSPS) is 11.9. The van der Waals surface area contributed by atoms with Crippen molar-refractivity contribution in [2.75, 3.05) is 0 Å². The number of aliphatic imine (C=N–C) groups is 1. The average molecular weight is 319 g/mol. The summed E-state index contributed by atoms with van der Waals surface area (Å²) < 4.78 is 1.83. The first kappa shape index (κ1) is 16.1. The molecule has 0 bridgehead atoms. The van der Waals surface area contributed by atoms with E-state index in [1.165, 1.54) is 0 Å². The Hall–Kier alpha value is -2.82. The van der Waals surface area contributed by atoms with Crippen LogP contribution in [0.25, 0.3) is 16.8 Å². The molecule has 0 aliphatic heterocycles. The fourth-order valence-corrected chi connectivity index (χ4v) is 2.54. The molecule has 0 fully saturated rings. The predicted octanol–water partition coefficient (Wildman–Crippen LogP) is 4.47. The van der Waals surface area contributed by atoms with Crippen molar-refractivity contribution in [3.05, 3.63) is 54.3 Å². The fraction of sp³-hybridized carbons (Fsp3) is 0.263. The number of pyridine rings is 1. The van der Waals surface area contributed by atoms with Gasteiger partial charge < -0.3 is 0 Å². The van der Waals surface area contributed by atoms with Gasteiger partial charge in [-0.15, -0.1) is 0 Å². The van der Waals surface area contributed by atoms with E-state index in [1.54, 1.807) is 0 Å². The molecule has 0 N–H and O–H groups in total. The Balaban J connectivity index is 2.01. The number of hydrogen-bond donors (Lipinski definition) is 0. The molecular formula is C19H21N5. The predicted molar refractivity (Wildman–Crippen MR) is 97.9 cm³/mol. The lowest BCUT2D eigenvalue weighted by Gasteiger charge is -2.06. The summed E-state index contributed by atoms with van der Waals surface area (Å²) in [6, 6.07) is 6.00. The Morgan fingerprint density at radius 1 is 1.25 bits per heavy atom. The molecule has 24 heavy (non-hydrogen) atoms. The maximum atomic E-state index is 4.72. The van der Waals surface area contributed by atoms with Crippen molar-refractivity contribution < 1.29 is 0 Å². The van der Waals surface area contributed by atoms with Gasteiger partial charge in [0.25, 0.3) is 0 Å². The molecule has 0 saturated heterocycles. The SMILES string of the molecule is C=C(CC)/C(C)=N\c1ccc(-c2ccn3nc(C)ncc23)nc1C. The third-order valence-corrected chi connectivity index (χ3v) is 4.09. The number of nitrogens with zero attached hydrogens (tertiary/aromatic N) is 5. The number of aromatic nitrogens is 4. The van der Waals surface area contributed by atoms with Crippen molar-refractivity contribution in [1.29, 1.82) is 0 Å². The Morgan fingerprint density at radius 2 is 2.04 bits per heavy atom. The summed E-state index contributed by atoms with van der Waals surface area (Å²) in [5.41, 5.74) is 6.62. The van der Waals surface area contributed by atoms with Crippen LogP contribution in [-0.4, -0.2) is 25.3 Å². The van der Waals surface area contributed by atoms with E-state index in [9.17, 15) is 0 Å². The van der Waals surface area contributed by atoms with E-state index in [2.05, 4.69) is 28.6 Å². The molecular weight excluding hydrogens is 298 g/mol. The van der Waals surface area contributed by atoms with Crippen LogP contribution >= 0.6 is 0 Å². The third-order valence-electron chi connectivity index (χ3n) is 4.09. The first-order chi connectivity index (χ1) is 11.5. The summed E-state index contributed by atoms with van der Waals surface area (Å²) in [6.45, 7) is 11.9. The van der Waals surface area contributed by atoms with E-state index in [-0.39, 0.29) is 0 Å². The van der Waals surface area contributed by atoms with Gasteiger partial charge in [0.1, 0.15) is 5.82 Å². The van der Waals surface area contributed by atoms with E-state index in [4.69, 9.17) is 4.98 Å². The molecule has 0 aromatic carbocycles. The highest BCUT2D eigenvalue weighted by Gasteiger charge is 2.10. The van der Waals surface area contributed by atoms with E-state index >= 15 is 0 Å². The van der Waals surface area contributed by atoms with Gasteiger partial charge in [-0.25, -0.2) is 9.50 Å². The quantitative estimate of drug-likeness (QED) is 0.667. The first-order valence-corrected chi connectivity index (χ1v) is 8.02. The molecule has 3 rings (SSSR count). The van der Waals surface area contributed by atoms with Crippen molar-refractivity contribution in [3.8, 4) is 11.3 Å². The first-order valence-electron chi connectivity index (χ1n) is 8.02. The topological polar surface area (TPSA) is 55.4 Å². The smallest absolute Gasteiger partial charge is 0.146 e. The third kappa shape index (κ3) is 2.97. The number of rotatable bonds is 4. The molecule has 0 saturated carbocycles. The molecule has 5 heteroatoms. The molecule has 3 heterocycles. The zero-order chi connectivity index (χ0) is 17.3. The van der Waals surface area contributed by atoms with Gasteiger partial charge in [-0.1, -0.05) is 13.5 Å². The molecule has 0 aliphatic rings. The lowest BCUT2D eigenvalue weighted by Crippen LogP contribution is -1.96. The Morgan fingerprint density at radius 3 is 2.75 bits per heavy atom. The minimum atomic E-state index is 0.741. The highest BCUT2D eigenvalue weighted by Crippen LogP contribution is 2.27. The van der Waals surface area contributed by atoms with Crippen molar-refractivity contribution in [1.82, 2.24) is 19.6 Å². The number of aryl methyl sites for hydroxylation is 2. The summed E-state index contributed by atoms with van der Waals surface area (Å²) in [6.07, 6.45) is 4.66. The Bertz CT molecular complexity index is 950. The lowest BCUT2D eigenvalue weighted by atomic mass is 10.1. The van der Waals surface area contributed by atoms with Gasteiger partial charge in [-0.05, 0) is 51.0 Å². The van der Waals surface area contributed by atoms with Gasteiger partial charge in [0.15, 0.2) is 0 Å². The Kier molecular flexibility index (Phi) is 4.25. The standard InChI is InChI=1S/C19H21N5/c1-6-12(2)13(3)21-17-7-8-18(22-14(17)4)16-9-10-24-19(16)11-20-15(5)23-24/h7-11H,2,6H2,1,3-5H3/b21-13-. The van der Waals surface area contributed by atoms with Crippen LogP contribution in [0.4, 0.5) is 5.69 Å². The summed E-state index contributed by atoms with van der Waals surface area (Å²) in [5.74, 6) is 0.741. The maximum Gasteiger partial charge on any atom is 0.146 e. The molecule has 0 spiro atoms. The molecule has 3 aromatic rings. The summed E-state index contributed by atoms with van der Waals surface area (Å²) >= 11 is 0. The average Bonchev–Trinajstić information content (AvgIpc) is 2.98. The zero-order valence-corrected chi connectivity index (χ0v) is 14.5.